The Kier molecular flexibility index (Phi) is 9.74. The highest BCUT2D eigenvalue weighted by Crippen LogP contribution is 2.17. The average Bonchev–Trinajstić information content (AvgIpc) is 2.83. The van der Waals surface area contributed by atoms with Gasteiger partial charge in [0.15, 0.2) is 6.61 Å². The molecule has 0 heterocycles. The summed E-state index contributed by atoms with van der Waals surface area (Å²) in [5, 5.41) is 6.77. The predicted octanol–water partition coefficient (Wildman–Crippen LogP) is 4.71. The fourth-order valence-electron chi connectivity index (χ4n) is 3.30. The monoisotopic (exact) mass is 491 g/mol. The highest BCUT2D eigenvalue weighted by Gasteiger charge is 2.05. The number of carbonyl (C=O) groups excluding carboxylic acids is 2. The molecule has 35 heavy (non-hydrogen) atoms. The van der Waals surface area contributed by atoms with E-state index in [0.717, 1.165) is 17.1 Å². The van der Waals surface area contributed by atoms with Gasteiger partial charge in [-0.3, -0.25) is 9.59 Å². The van der Waals surface area contributed by atoms with Crippen molar-refractivity contribution in [1.29, 1.82) is 0 Å². The minimum absolute atomic E-state index is 0.116. The number of nitrogens with zero attached hydrogens (tertiary/aromatic N) is 1. The molecule has 0 spiro atoms. The van der Waals surface area contributed by atoms with Gasteiger partial charge in [0.2, 0.25) is 5.91 Å². The smallest absolute Gasteiger partial charge is 0.262 e. The molecular formula is C27H29N3O4S. The summed E-state index contributed by atoms with van der Waals surface area (Å²) in [6.07, 6.45) is 1.56. The SMILES string of the molecule is COc1ccc(NC(=O)COc2ccc(/C=N\NC(=O)CSCc3cc(C)cc(C)c3)cc2)cc1. The average molecular weight is 492 g/mol. The second kappa shape index (κ2) is 13.2. The molecule has 3 aromatic carbocycles. The van der Waals surface area contributed by atoms with Crippen LogP contribution in [0.5, 0.6) is 11.5 Å². The van der Waals surface area contributed by atoms with Crippen LogP contribution >= 0.6 is 11.8 Å². The molecule has 2 amide bonds. The van der Waals surface area contributed by atoms with Crippen LogP contribution in [0.2, 0.25) is 0 Å². The first-order chi connectivity index (χ1) is 16.9. The standard InChI is InChI=1S/C27H29N3O4S/c1-19-12-20(2)14-22(13-19)17-35-18-27(32)30-28-15-21-4-8-25(9-5-21)34-16-26(31)29-23-6-10-24(33-3)11-7-23/h4-15H,16-18H2,1-3H3,(H,29,31)(H,30,32)/b28-15-. The van der Waals surface area contributed by atoms with Crippen LogP contribution in [-0.2, 0) is 15.3 Å². The Bertz CT molecular complexity index is 1140. The van der Waals surface area contributed by atoms with Crippen molar-refractivity contribution < 1.29 is 19.1 Å². The number of anilines is 1. The predicted molar refractivity (Wildman–Crippen MR) is 141 cm³/mol. The number of hydrazone groups is 1. The molecule has 0 unspecified atom stereocenters. The molecule has 8 heteroatoms. The zero-order chi connectivity index (χ0) is 25.0. The Labute approximate surface area is 209 Å². The third-order valence-corrected chi connectivity index (χ3v) is 5.81. The fraction of sp³-hybridized carbons (Fsp3) is 0.222. The summed E-state index contributed by atoms with van der Waals surface area (Å²) < 4.78 is 10.6. The number of aryl methyl sites for hydroxylation is 2. The van der Waals surface area contributed by atoms with Gasteiger partial charge in [0, 0.05) is 11.4 Å². The van der Waals surface area contributed by atoms with Gasteiger partial charge in [-0.15, -0.1) is 11.8 Å². The Hall–Kier alpha value is -3.78. The molecule has 0 saturated heterocycles. The number of amides is 2. The number of methoxy groups -OCH3 is 1. The molecule has 0 aliphatic heterocycles. The van der Waals surface area contributed by atoms with Crippen molar-refractivity contribution in [2.45, 2.75) is 19.6 Å². The quantitative estimate of drug-likeness (QED) is 0.299. The van der Waals surface area contributed by atoms with E-state index >= 15 is 0 Å². The molecule has 0 fully saturated rings. The molecule has 3 aromatic rings. The first-order valence-electron chi connectivity index (χ1n) is 11.0. The maximum Gasteiger partial charge on any atom is 0.262 e. The number of rotatable bonds is 11. The van der Waals surface area contributed by atoms with Gasteiger partial charge >= 0.3 is 0 Å². The maximum atomic E-state index is 12.1. The summed E-state index contributed by atoms with van der Waals surface area (Å²) in [6, 6.07) is 20.5. The van der Waals surface area contributed by atoms with Gasteiger partial charge in [0.05, 0.1) is 19.1 Å². The van der Waals surface area contributed by atoms with Crippen LogP contribution in [-0.4, -0.2) is 37.5 Å². The molecule has 3 rings (SSSR count). The largest absolute Gasteiger partial charge is 0.497 e. The van der Waals surface area contributed by atoms with E-state index in [4.69, 9.17) is 9.47 Å². The summed E-state index contributed by atoms with van der Waals surface area (Å²) in [4.78, 5) is 24.1. The van der Waals surface area contributed by atoms with Gasteiger partial charge in [0.25, 0.3) is 5.91 Å². The number of nitrogens with one attached hydrogen (secondary N) is 2. The zero-order valence-electron chi connectivity index (χ0n) is 20.0. The number of thioether (sulfide) groups is 1. The minimum Gasteiger partial charge on any atom is -0.497 e. The first-order valence-corrected chi connectivity index (χ1v) is 12.2. The molecule has 0 saturated carbocycles. The van der Waals surface area contributed by atoms with Crippen LogP contribution in [0.25, 0.3) is 0 Å². The number of carbonyl (C=O) groups is 2. The number of benzene rings is 3. The van der Waals surface area contributed by atoms with E-state index in [-0.39, 0.29) is 18.4 Å². The van der Waals surface area contributed by atoms with Crippen molar-refractivity contribution in [3.8, 4) is 11.5 Å². The molecule has 0 aromatic heterocycles. The lowest BCUT2D eigenvalue weighted by atomic mass is 10.1. The van der Waals surface area contributed by atoms with Crippen LogP contribution in [0.1, 0.15) is 22.3 Å². The number of hydrogen-bond donors (Lipinski definition) is 2. The molecule has 2 N–H and O–H groups in total. The van der Waals surface area contributed by atoms with E-state index in [1.54, 1.807) is 73.6 Å². The van der Waals surface area contributed by atoms with Crippen LogP contribution < -0.4 is 20.2 Å². The molecule has 0 atom stereocenters. The summed E-state index contributed by atoms with van der Waals surface area (Å²) in [6.45, 7) is 4.03. The van der Waals surface area contributed by atoms with E-state index in [2.05, 4.69) is 47.9 Å². The van der Waals surface area contributed by atoms with Gasteiger partial charge in [-0.2, -0.15) is 5.10 Å². The Balaban J connectivity index is 1.36. The van der Waals surface area contributed by atoms with Gasteiger partial charge in [0.1, 0.15) is 11.5 Å². The Morgan fingerprint density at radius 1 is 0.914 bits per heavy atom. The number of hydrogen-bond acceptors (Lipinski definition) is 6. The van der Waals surface area contributed by atoms with Crippen LogP contribution in [0.15, 0.2) is 71.8 Å². The van der Waals surface area contributed by atoms with E-state index in [0.29, 0.717) is 17.2 Å². The van der Waals surface area contributed by atoms with Crippen molar-refractivity contribution in [2.75, 3.05) is 24.8 Å². The van der Waals surface area contributed by atoms with Crippen molar-refractivity contribution >= 4 is 35.5 Å². The van der Waals surface area contributed by atoms with Gasteiger partial charge < -0.3 is 14.8 Å². The lowest BCUT2D eigenvalue weighted by Gasteiger charge is -2.08. The fourth-order valence-corrected chi connectivity index (χ4v) is 4.05. The summed E-state index contributed by atoms with van der Waals surface area (Å²) in [5.74, 6) is 1.96. The molecule has 0 aliphatic carbocycles. The number of ether oxygens (including phenoxy) is 2. The summed E-state index contributed by atoms with van der Waals surface area (Å²) >= 11 is 1.55. The second-order valence-electron chi connectivity index (χ2n) is 7.92. The lowest BCUT2D eigenvalue weighted by molar-refractivity contribution is -0.119. The Morgan fingerprint density at radius 2 is 1.57 bits per heavy atom. The third kappa shape index (κ3) is 9.17. The Morgan fingerprint density at radius 3 is 2.23 bits per heavy atom. The topological polar surface area (TPSA) is 89.0 Å². The van der Waals surface area contributed by atoms with Gasteiger partial charge in [-0.05, 0) is 73.5 Å². The zero-order valence-corrected chi connectivity index (χ0v) is 20.9. The van der Waals surface area contributed by atoms with Crippen LogP contribution in [0, 0.1) is 13.8 Å². The highest BCUT2D eigenvalue weighted by atomic mass is 32.2. The van der Waals surface area contributed by atoms with Crippen LogP contribution in [0.4, 0.5) is 5.69 Å². The molecular weight excluding hydrogens is 462 g/mol. The van der Waals surface area contributed by atoms with E-state index in [1.807, 2.05) is 0 Å². The van der Waals surface area contributed by atoms with Crippen molar-refractivity contribution in [2.24, 2.45) is 5.10 Å². The van der Waals surface area contributed by atoms with Crippen LogP contribution in [0.3, 0.4) is 0 Å². The summed E-state index contributed by atoms with van der Waals surface area (Å²) in [7, 11) is 1.59. The van der Waals surface area contributed by atoms with Crippen molar-refractivity contribution in [1.82, 2.24) is 5.43 Å². The minimum atomic E-state index is -0.265. The van der Waals surface area contributed by atoms with Gasteiger partial charge in [-0.25, -0.2) is 5.43 Å². The van der Waals surface area contributed by atoms with Crippen molar-refractivity contribution in [3.05, 3.63) is 89.0 Å². The lowest BCUT2D eigenvalue weighted by Crippen LogP contribution is -2.20. The molecule has 7 nitrogen and oxygen atoms in total. The molecule has 182 valence electrons. The molecule has 0 bridgehead atoms. The molecule has 0 radical (unpaired) electrons. The normalized spacial score (nSPS) is 10.7. The molecule has 0 aliphatic rings. The first kappa shape index (κ1) is 25.8. The highest BCUT2D eigenvalue weighted by molar-refractivity contribution is 7.99. The van der Waals surface area contributed by atoms with Crippen molar-refractivity contribution in [3.63, 3.8) is 0 Å². The van der Waals surface area contributed by atoms with Gasteiger partial charge in [-0.1, -0.05) is 29.3 Å². The van der Waals surface area contributed by atoms with E-state index < -0.39 is 0 Å². The maximum absolute atomic E-state index is 12.1. The third-order valence-electron chi connectivity index (χ3n) is 4.81. The summed E-state index contributed by atoms with van der Waals surface area (Å²) in [5.41, 5.74) is 7.66. The second-order valence-corrected chi connectivity index (χ2v) is 8.90. The van der Waals surface area contributed by atoms with E-state index in [9.17, 15) is 9.59 Å². The van der Waals surface area contributed by atoms with E-state index in [1.165, 1.54) is 16.7 Å².